The molecule has 1 aromatic carbocycles. The Labute approximate surface area is 128 Å². The molecule has 1 heterocycles. The van der Waals surface area contributed by atoms with Gasteiger partial charge >= 0.3 is 0 Å². The number of halogens is 3. The zero-order valence-electron chi connectivity index (χ0n) is 12.1. The fourth-order valence-electron chi connectivity index (χ4n) is 3.64. The zero-order chi connectivity index (χ0) is 15.0. The van der Waals surface area contributed by atoms with Crippen molar-refractivity contribution in [3.63, 3.8) is 0 Å². The van der Waals surface area contributed by atoms with Crippen LogP contribution in [0.25, 0.3) is 11.0 Å². The summed E-state index contributed by atoms with van der Waals surface area (Å²) in [6.07, 6.45) is 5.59. The lowest BCUT2D eigenvalue weighted by Crippen LogP contribution is -2.24. The first-order chi connectivity index (χ1) is 10.2. The molecular weight excluding hydrogens is 294 g/mol. The number of nitrogens with zero attached hydrogens (tertiary/aromatic N) is 2. The van der Waals surface area contributed by atoms with Gasteiger partial charge in [-0.05, 0) is 24.8 Å². The Morgan fingerprint density at radius 3 is 2.76 bits per heavy atom. The molecule has 0 bridgehead atoms. The molecule has 1 aliphatic carbocycles. The molecule has 2 atom stereocenters. The summed E-state index contributed by atoms with van der Waals surface area (Å²) < 4.78 is 29.6. The van der Waals surface area contributed by atoms with Gasteiger partial charge in [0.2, 0.25) is 0 Å². The van der Waals surface area contributed by atoms with Gasteiger partial charge in [-0.15, -0.1) is 11.6 Å². The predicted octanol–water partition coefficient (Wildman–Crippen LogP) is 5.19. The van der Waals surface area contributed by atoms with E-state index in [1.165, 1.54) is 12.5 Å². The molecule has 0 saturated heterocycles. The van der Waals surface area contributed by atoms with E-state index < -0.39 is 11.6 Å². The summed E-state index contributed by atoms with van der Waals surface area (Å²) in [6.45, 7) is 2.17. The largest absolute Gasteiger partial charge is 0.323 e. The molecule has 2 nitrogen and oxygen atoms in total. The van der Waals surface area contributed by atoms with Gasteiger partial charge in [0.15, 0.2) is 5.82 Å². The van der Waals surface area contributed by atoms with E-state index >= 15 is 0 Å². The van der Waals surface area contributed by atoms with E-state index in [9.17, 15) is 8.78 Å². The minimum Gasteiger partial charge on any atom is -0.323 e. The van der Waals surface area contributed by atoms with Gasteiger partial charge in [0.1, 0.15) is 17.2 Å². The minimum atomic E-state index is -0.612. The molecule has 5 heteroatoms. The third-order valence-corrected chi connectivity index (χ3v) is 4.87. The molecule has 0 aliphatic heterocycles. The maximum absolute atomic E-state index is 14.0. The highest BCUT2D eigenvalue weighted by Crippen LogP contribution is 2.39. The molecule has 2 aromatic rings. The maximum atomic E-state index is 14.0. The molecule has 3 rings (SSSR count). The molecule has 0 radical (unpaired) electrons. The molecule has 21 heavy (non-hydrogen) atoms. The predicted molar refractivity (Wildman–Crippen MR) is 80.5 cm³/mol. The average Bonchev–Trinajstić information content (AvgIpc) is 2.85. The van der Waals surface area contributed by atoms with E-state index in [4.69, 9.17) is 11.6 Å². The van der Waals surface area contributed by atoms with Gasteiger partial charge in [-0.1, -0.05) is 26.2 Å². The standard InChI is InChI=1S/C16H19ClF2N2/c1-2-10-5-3-4-6-13(10)21-14-8-11(18)7-12(19)16(14)20-15(21)9-17/h7-8,10,13H,2-6,9H2,1H3. The molecule has 2 unspecified atom stereocenters. The fraction of sp³-hybridized carbons (Fsp3) is 0.562. The first-order valence-corrected chi connectivity index (χ1v) is 8.11. The molecule has 0 spiro atoms. The number of aromatic nitrogens is 2. The topological polar surface area (TPSA) is 17.8 Å². The third-order valence-electron chi connectivity index (χ3n) is 4.63. The van der Waals surface area contributed by atoms with Crippen LogP contribution in [0.1, 0.15) is 50.9 Å². The summed E-state index contributed by atoms with van der Waals surface area (Å²) in [4.78, 5) is 4.31. The van der Waals surface area contributed by atoms with Gasteiger partial charge in [-0.2, -0.15) is 0 Å². The Morgan fingerprint density at radius 1 is 1.29 bits per heavy atom. The lowest BCUT2D eigenvalue weighted by atomic mass is 9.82. The van der Waals surface area contributed by atoms with Crippen molar-refractivity contribution < 1.29 is 8.78 Å². The van der Waals surface area contributed by atoms with Crippen molar-refractivity contribution in [3.8, 4) is 0 Å². The minimum absolute atomic E-state index is 0.211. The second-order valence-electron chi connectivity index (χ2n) is 5.81. The second-order valence-corrected chi connectivity index (χ2v) is 6.07. The van der Waals surface area contributed by atoms with Gasteiger partial charge in [-0.3, -0.25) is 0 Å². The molecule has 0 amide bonds. The van der Waals surface area contributed by atoms with Crippen molar-refractivity contribution >= 4 is 22.6 Å². The van der Waals surface area contributed by atoms with Crippen LogP contribution in [0.5, 0.6) is 0 Å². The van der Waals surface area contributed by atoms with Crippen LogP contribution in [0.3, 0.4) is 0 Å². The monoisotopic (exact) mass is 312 g/mol. The van der Waals surface area contributed by atoms with Crippen molar-refractivity contribution in [2.45, 2.75) is 50.9 Å². The summed E-state index contributed by atoms with van der Waals surface area (Å²) in [6, 6.07) is 2.50. The van der Waals surface area contributed by atoms with Gasteiger partial charge < -0.3 is 4.57 Å². The van der Waals surface area contributed by atoms with Crippen LogP contribution >= 0.6 is 11.6 Å². The van der Waals surface area contributed by atoms with Gasteiger partial charge in [0.05, 0.1) is 11.4 Å². The third kappa shape index (κ3) is 2.54. The SMILES string of the molecule is CCC1CCCCC1n1c(CCl)nc2c(F)cc(F)cc21. The maximum Gasteiger partial charge on any atom is 0.153 e. The molecule has 114 valence electrons. The van der Waals surface area contributed by atoms with Crippen molar-refractivity contribution in [2.75, 3.05) is 0 Å². The molecule has 0 N–H and O–H groups in total. The lowest BCUT2D eigenvalue weighted by molar-refractivity contribution is 0.234. The molecule has 1 aliphatic rings. The van der Waals surface area contributed by atoms with Crippen LogP contribution in [0.2, 0.25) is 0 Å². The Morgan fingerprint density at radius 2 is 2.05 bits per heavy atom. The molecule has 1 fully saturated rings. The quantitative estimate of drug-likeness (QED) is 0.713. The highest BCUT2D eigenvalue weighted by Gasteiger charge is 2.29. The van der Waals surface area contributed by atoms with Crippen molar-refractivity contribution in [3.05, 3.63) is 29.6 Å². The number of benzene rings is 1. The normalized spacial score (nSPS) is 22.9. The highest BCUT2D eigenvalue weighted by atomic mass is 35.5. The number of hydrogen-bond donors (Lipinski definition) is 0. The summed E-state index contributed by atoms with van der Waals surface area (Å²) in [5.74, 6) is 0.193. The smallest absolute Gasteiger partial charge is 0.153 e. The second kappa shape index (κ2) is 5.91. The number of fused-ring (bicyclic) bond motifs is 1. The Bertz CT molecular complexity index is 653. The summed E-state index contributed by atoms with van der Waals surface area (Å²) >= 11 is 6.01. The summed E-state index contributed by atoms with van der Waals surface area (Å²) in [5.41, 5.74) is 0.765. The van der Waals surface area contributed by atoms with Crippen molar-refractivity contribution in [1.29, 1.82) is 0 Å². The van der Waals surface area contributed by atoms with Crippen LogP contribution in [0.15, 0.2) is 12.1 Å². The van der Waals surface area contributed by atoms with Crippen LogP contribution in [-0.2, 0) is 5.88 Å². The van der Waals surface area contributed by atoms with E-state index in [1.807, 2.05) is 4.57 Å². The first kappa shape index (κ1) is 14.8. The van der Waals surface area contributed by atoms with Crippen LogP contribution < -0.4 is 0 Å². The Balaban J connectivity index is 2.19. The number of alkyl halides is 1. The molecule has 1 saturated carbocycles. The lowest BCUT2D eigenvalue weighted by Gasteiger charge is -2.33. The summed E-state index contributed by atoms with van der Waals surface area (Å²) in [7, 11) is 0. The fourth-order valence-corrected chi connectivity index (χ4v) is 3.83. The van der Waals surface area contributed by atoms with E-state index in [1.54, 1.807) is 0 Å². The van der Waals surface area contributed by atoms with Crippen molar-refractivity contribution in [1.82, 2.24) is 9.55 Å². The van der Waals surface area contributed by atoms with Gasteiger partial charge in [-0.25, -0.2) is 13.8 Å². The Kier molecular flexibility index (Phi) is 4.16. The molecular formula is C16H19ClF2N2. The summed E-state index contributed by atoms with van der Waals surface area (Å²) in [5, 5.41) is 0. The Hall–Kier alpha value is -1.16. The van der Waals surface area contributed by atoms with Gasteiger partial charge in [0, 0.05) is 12.1 Å². The number of hydrogen-bond acceptors (Lipinski definition) is 1. The highest BCUT2D eigenvalue weighted by molar-refractivity contribution is 6.16. The van der Waals surface area contributed by atoms with E-state index in [-0.39, 0.29) is 17.4 Å². The van der Waals surface area contributed by atoms with Crippen LogP contribution in [-0.4, -0.2) is 9.55 Å². The number of rotatable bonds is 3. The van der Waals surface area contributed by atoms with E-state index in [0.29, 0.717) is 17.3 Å². The average molecular weight is 313 g/mol. The first-order valence-electron chi connectivity index (χ1n) is 7.57. The van der Waals surface area contributed by atoms with Crippen molar-refractivity contribution in [2.24, 2.45) is 5.92 Å². The van der Waals surface area contributed by atoms with Gasteiger partial charge in [0.25, 0.3) is 0 Å². The van der Waals surface area contributed by atoms with Crippen LogP contribution in [0.4, 0.5) is 8.78 Å². The number of imidazole rings is 1. The molecule has 1 aromatic heterocycles. The van der Waals surface area contributed by atoms with Crippen LogP contribution in [0, 0.1) is 17.6 Å². The zero-order valence-corrected chi connectivity index (χ0v) is 12.8. The van der Waals surface area contributed by atoms with E-state index in [2.05, 4.69) is 11.9 Å². The van der Waals surface area contributed by atoms with E-state index in [0.717, 1.165) is 31.7 Å².